The van der Waals surface area contributed by atoms with Crippen molar-refractivity contribution in [3.63, 3.8) is 0 Å². The van der Waals surface area contributed by atoms with Crippen LogP contribution in [0.4, 0.5) is 15.8 Å². The van der Waals surface area contributed by atoms with Gasteiger partial charge < -0.3 is 10.1 Å². The SMILES string of the molecule is Cc1ccc(NC(=O)COC(=O)CSc2ccc([N+](=O)[O-])cc2)c(F)c1. The predicted molar refractivity (Wildman–Crippen MR) is 94.5 cm³/mol. The highest BCUT2D eigenvalue weighted by Crippen LogP contribution is 2.21. The Morgan fingerprint density at radius 1 is 1.23 bits per heavy atom. The Labute approximate surface area is 152 Å². The average Bonchev–Trinajstić information content (AvgIpc) is 2.61. The van der Waals surface area contributed by atoms with Crippen molar-refractivity contribution >= 4 is 35.0 Å². The van der Waals surface area contributed by atoms with E-state index in [2.05, 4.69) is 5.32 Å². The number of non-ortho nitro benzene ring substituents is 1. The van der Waals surface area contributed by atoms with E-state index in [-0.39, 0.29) is 17.1 Å². The molecular formula is C17H15FN2O5S. The molecule has 2 aromatic carbocycles. The first-order valence-electron chi connectivity index (χ1n) is 7.44. The largest absolute Gasteiger partial charge is 0.455 e. The van der Waals surface area contributed by atoms with Crippen molar-refractivity contribution in [3.05, 3.63) is 64.0 Å². The van der Waals surface area contributed by atoms with Crippen LogP contribution in [0.25, 0.3) is 0 Å². The lowest BCUT2D eigenvalue weighted by atomic mass is 10.2. The van der Waals surface area contributed by atoms with Crippen LogP contribution in [0.3, 0.4) is 0 Å². The molecule has 2 rings (SSSR count). The molecule has 0 radical (unpaired) electrons. The molecule has 26 heavy (non-hydrogen) atoms. The van der Waals surface area contributed by atoms with Gasteiger partial charge in [-0.2, -0.15) is 0 Å². The third kappa shape index (κ3) is 5.85. The van der Waals surface area contributed by atoms with Crippen LogP contribution >= 0.6 is 11.8 Å². The third-order valence-corrected chi connectivity index (χ3v) is 4.15. The molecule has 0 aromatic heterocycles. The second kappa shape index (κ2) is 8.95. The quantitative estimate of drug-likeness (QED) is 0.343. The summed E-state index contributed by atoms with van der Waals surface area (Å²) in [5.74, 6) is -1.92. The topological polar surface area (TPSA) is 98.5 Å². The van der Waals surface area contributed by atoms with Crippen LogP contribution in [0, 0.1) is 22.9 Å². The van der Waals surface area contributed by atoms with Crippen molar-refractivity contribution in [3.8, 4) is 0 Å². The number of benzene rings is 2. The Bertz CT molecular complexity index is 826. The molecular weight excluding hydrogens is 363 g/mol. The number of carbonyl (C=O) groups excluding carboxylic acids is 2. The van der Waals surface area contributed by atoms with Crippen molar-refractivity contribution in [1.82, 2.24) is 0 Å². The van der Waals surface area contributed by atoms with Crippen LogP contribution in [0.2, 0.25) is 0 Å². The number of esters is 1. The van der Waals surface area contributed by atoms with Crippen LogP contribution < -0.4 is 5.32 Å². The van der Waals surface area contributed by atoms with Crippen molar-refractivity contribution < 1.29 is 23.6 Å². The lowest BCUT2D eigenvalue weighted by Crippen LogP contribution is -2.22. The van der Waals surface area contributed by atoms with Crippen molar-refractivity contribution in [2.24, 2.45) is 0 Å². The molecule has 0 aliphatic carbocycles. The van der Waals surface area contributed by atoms with Crippen LogP contribution in [0.5, 0.6) is 0 Å². The number of nitrogens with one attached hydrogen (secondary N) is 1. The van der Waals surface area contributed by atoms with E-state index in [0.29, 0.717) is 4.90 Å². The van der Waals surface area contributed by atoms with Gasteiger partial charge in [0.25, 0.3) is 11.6 Å². The smallest absolute Gasteiger partial charge is 0.316 e. The summed E-state index contributed by atoms with van der Waals surface area (Å²) in [4.78, 5) is 34.1. The minimum absolute atomic E-state index is 0.0110. The van der Waals surface area contributed by atoms with E-state index in [1.807, 2.05) is 0 Å². The minimum atomic E-state index is -0.651. The number of thioether (sulfide) groups is 1. The molecule has 0 saturated carbocycles. The molecule has 0 saturated heterocycles. The zero-order valence-electron chi connectivity index (χ0n) is 13.7. The summed E-state index contributed by atoms with van der Waals surface area (Å²) in [5.41, 5.74) is 0.684. The molecule has 136 valence electrons. The van der Waals surface area contributed by atoms with Gasteiger partial charge in [0, 0.05) is 17.0 Å². The van der Waals surface area contributed by atoms with Crippen molar-refractivity contribution in [2.45, 2.75) is 11.8 Å². The van der Waals surface area contributed by atoms with Gasteiger partial charge in [-0.1, -0.05) is 6.07 Å². The highest BCUT2D eigenvalue weighted by Gasteiger charge is 2.11. The van der Waals surface area contributed by atoms with Gasteiger partial charge in [0.2, 0.25) is 0 Å². The number of amides is 1. The first kappa shape index (κ1) is 19.4. The van der Waals surface area contributed by atoms with Gasteiger partial charge in [-0.3, -0.25) is 19.7 Å². The Hall–Kier alpha value is -2.94. The van der Waals surface area contributed by atoms with E-state index < -0.39 is 29.2 Å². The molecule has 0 spiro atoms. The normalized spacial score (nSPS) is 10.2. The maximum atomic E-state index is 13.6. The lowest BCUT2D eigenvalue weighted by Gasteiger charge is -2.08. The van der Waals surface area contributed by atoms with Gasteiger partial charge in [-0.25, -0.2) is 4.39 Å². The van der Waals surface area contributed by atoms with Gasteiger partial charge in [-0.05, 0) is 36.8 Å². The molecule has 0 bridgehead atoms. The van der Waals surface area contributed by atoms with E-state index in [1.54, 1.807) is 13.0 Å². The van der Waals surface area contributed by atoms with E-state index in [1.165, 1.54) is 36.4 Å². The first-order valence-corrected chi connectivity index (χ1v) is 8.42. The molecule has 0 aliphatic heterocycles. The Balaban J connectivity index is 1.75. The number of hydrogen-bond acceptors (Lipinski definition) is 6. The van der Waals surface area contributed by atoms with Crippen LogP contribution in [0.1, 0.15) is 5.56 Å². The molecule has 0 fully saturated rings. The highest BCUT2D eigenvalue weighted by atomic mass is 32.2. The van der Waals surface area contributed by atoms with Crippen molar-refractivity contribution in [1.29, 1.82) is 0 Å². The molecule has 0 unspecified atom stereocenters. The Morgan fingerprint density at radius 3 is 2.54 bits per heavy atom. The van der Waals surface area contributed by atoms with E-state index in [0.717, 1.165) is 17.3 Å². The molecule has 7 nitrogen and oxygen atoms in total. The van der Waals surface area contributed by atoms with Crippen LogP contribution in [-0.4, -0.2) is 29.2 Å². The van der Waals surface area contributed by atoms with Crippen LogP contribution in [0.15, 0.2) is 47.4 Å². The number of anilines is 1. The summed E-state index contributed by atoms with van der Waals surface area (Å²) >= 11 is 1.12. The van der Waals surface area contributed by atoms with Gasteiger partial charge >= 0.3 is 5.97 Å². The number of carbonyl (C=O) groups is 2. The summed E-state index contributed by atoms with van der Waals surface area (Å²) in [6, 6.07) is 10.0. The molecule has 0 aliphatic rings. The molecule has 2 aromatic rings. The number of aryl methyl sites for hydroxylation is 1. The monoisotopic (exact) mass is 378 g/mol. The number of nitro benzene ring substituents is 1. The summed E-state index contributed by atoms with van der Waals surface area (Å²) in [6.45, 7) is 1.19. The summed E-state index contributed by atoms with van der Waals surface area (Å²) in [7, 11) is 0. The van der Waals surface area contributed by atoms with Gasteiger partial charge in [0.1, 0.15) is 5.82 Å². The fourth-order valence-electron chi connectivity index (χ4n) is 1.90. The summed E-state index contributed by atoms with van der Waals surface area (Å²) in [6.07, 6.45) is 0. The number of rotatable bonds is 7. The molecule has 9 heteroatoms. The second-order valence-electron chi connectivity index (χ2n) is 5.23. The fraction of sp³-hybridized carbons (Fsp3) is 0.176. The summed E-state index contributed by atoms with van der Waals surface area (Å²) < 4.78 is 18.4. The molecule has 0 heterocycles. The number of ether oxygens (including phenoxy) is 1. The number of nitro groups is 1. The maximum absolute atomic E-state index is 13.6. The summed E-state index contributed by atoms with van der Waals surface area (Å²) in [5, 5.41) is 12.9. The van der Waals surface area contributed by atoms with Gasteiger partial charge in [-0.15, -0.1) is 11.8 Å². The molecule has 0 atom stereocenters. The van der Waals surface area contributed by atoms with Crippen molar-refractivity contribution in [2.75, 3.05) is 17.7 Å². The second-order valence-corrected chi connectivity index (χ2v) is 6.28. The van der Waals surface area contributed by atoms with E-state index in [4.69, 9.17) is 4.74 Å². The highest BCUT2D eigenvalue weighted by molar-refractivity contribution is 8.00. The number of halogens is 1. The van der Waals surface area contributed by atoms with E-state index >= 15 is 0 Å². The van der Waals surface area contributed by atoms with Gasteiger partial charge in [0.05, 0.1) is 16.4 Å². The average molecular weight is 378 g/mol. The zero-order chi connectivity index (χ0) is 19.1. The Morgan fingerprint density at radius 2 is 1.92 bits per heavy atom. The maximum Gasteiger partial charge on any atom is 0.316 e. The van der Waals surface area contributed by atoms with Gasteiger partial charge in [0.15, 0.2) is 6.61 Å². The lowest BCUT2D eigenvalue weighted by molar-refractivity contribution is -0.384. The standard InChI is InChI=1S/C17H15FN2O5S/c1-11-2-7-15(14(18)8-11)19-16(21)9-25-17(22)10-26-13-5-3-12(4-6-13)20(23)24/h2-8H,9-10H2,1H3,(H,19,21). The number of hydrogen-bond donors (Lipinski definition) is 1. The first-order chi connectivity index (χ1) is 12.3. The fourth-order valence-corrected chi connectivity index (χ4v) is 2.60. The zero-order valence-corrected chi connectivity index (χ0v) is 14.5. The Kier molecular flexibility index (Phi) is 6.67. The minimum Gasteiger partial charge on any atom is -0.455 e. The predicted octanol–water partition coefficient (Wildman–Crippen LogP) is 3.32. The number of nitrogens with zero attached hydrogens (tertiary/aromatic N) is 1. The van der Waals surface area contributed by atoms with Crippen LogP contribution in [-0.2, 0) is 14.3 Å². The molecule has 1 amide bonds. The van der Waals surface area contributed by atoms with E-state index in [9.17, 15) is 24.1 Å². The third-order valence-electron chi connectivity index (χ3n) is 3.17. The molecule has 1 N–H and O–H groups in total.